The lowest BCUT2D eigenvalue weighted by atomic mass is 10.2. The maximum absolute atomic E-state index is 12.6. The zero-order valence-corrected chi connectivity index (χ0v) is 15.2. The van der Waals surface area contributed by atoms with Crippen LogP contribution in [0.2, 0.25) is 0 Å². The number of non-ortho nitro benzene ring substituents is 1. The SMILES string of the molecule is O=C1C(=Cc2cccc([N+](=O)[O-])c2)SC(=S)N1c1ccc(Br)cc1. The number of thioether (sulfide) groups is 1. The highest BCUT2D eigenvalue weighted by Crippen LogP contribution is 2.36. The quantitative estimate of drug-likeness (QED) is 0.309. The standard InChI is InChI=1S/C16H9BrN2O3S2/c17-11-4-6-12(7-5-11)18-15(20)14(24-16(18)23)9-10-2-1-3-13(8-10)19(21)22/h1-9H. The van der Waals surface area contributed by atoms with Crippen molar-refractivity contribution in [1.82, 2.24) is 0 Å². The number of nitro groups is 1. The number of amides is 1. The number of rotatable bonds is 3. The van der Waals surface area contributed by atoms with Gasteiger partial charge in [-0.25, -0.2) is 0 Å². The number of thiocarbonyl (C=S) groups is 1. The average Bonchev–Trinajstić information content (AvgIpc) is 2.83. The minimum Gasteiger partial charge on any atom is -0.268 e. The Hall–Kier alpha value is -2.03. The van der Waals surface area contributed by atoms with Crippen LogP contribution in [0.5, 0.6) is 0 Å². The molecule has 0 aromatic heterocycles. The number of carbonyl (C=O) groups excluding carboxylic acids is 1. The van der Waals surface area contributed by atoms with Gasteiger partial charge in [-0.1, -0.05) is 52.0 Å². The Balaban J connectivity index is 1.92. The first-order chi connectivity index (χ1) is 11.5. The smallest absolute Gasteiger partial charge is 0.268 e. The van der Waals surface area contributed by atoms with Crippen molar-refractivity contribution in [3.05, 3.63) is 73.6 Å². The van der Waals surface area contributed by atoms with Crippen LogP contribution in [-0.2, 0) is 4.79 Å². The lowest BCUT2D eigenvalue weighted by Crippen LogP contribution is -2.27. The van der Waals surface area contributed by atoms with Gasteiger partial charge in [0.25, 0.3) is 11.6 Å². The molecule has 1 aliphatic rings. The molecule has 3 rings (SSSR count). The van der Waals surface area contributed by atoms with Crippen molar-refractivity contribution in [3.63, 3.8) is 0 Å². The van der Waals surface area contributed by atoms with Gasteiger partial charge in [-0.05, 0) is 35.9 Å². The van der Waals surface area contributed by atoms with Gasteiger partial charge in [-0.3, -0.25) is 19.8 Å². The molecule has 2 aromatic rings. The predicted octanol–water partition coefficient (Wildman–Crippen LogP) is 4.76. The van der Waals surface area contributed by atoms with Gasteiger partial charge in [0.2, 0.25) is 0 Å². The van der Waals surface area contributed by atoms with Gasteiger partial charge >= 0.3 is 0 Å². The molecule has 1 heterocycles. The summed E-state index contributed by atoms with van der Waals surface area (Å²) in [7, 11) is 0. The number of hydrogen-bond donors (Lipinski definition) is 0. The Morgan fingerprint density at radius 1 is 1.21 bits per heavy atom. The lowest BCUT2D eigenvalue weighted by molar-refractivity contribution is -0.384. The fourth-order valence-electron chi connectivity index (χ4n) is 2.16. The van der Waals surface area contributed by atoms with Crippen LogP contribution >= 0.6 is 39.9 Å². The molecule has 120 valence electrons. The second-order valence-corrected chi connectivity index (χ2v) is 7.44. The lowest BCUT2D eigenvalue weighted by Gasteiger charge is -2.14. The van der Waals surface area contributed by atoms with Gasteiger partial charge < -0.3 is 0 Å². The maximum atomic E-state index is 12.6. The Bertz CT molecular complexity index is 881. The molecule has 8 heteroatoms. The van der Waals surface area contributed by atoms with E-state index in [-0.39, 0.29) is 11.6 Å². The third kappa shape index (κ3) is 3.40. The van der Waals surface area contributed by atoms with E-state index in [0.29, 0.717) is 20.5 Å². The highest BCUT2D eigenvalue weighted by molar-refractivity contribution is 9.10. The average molecular weight is 421 g/mol. The first kappa shape index (κ1) is 16.8. The molecule has 2 aromatic carbocycles. The third-order valence-corrected chi connectivity index (χ3v) is 5.09. The first-order valence-corrected chi connectivity index (χ1v) is 8.75. The minimum atomic E-state index is -0.468. The number of anilines is 1. The molecule has 1 fully saturated rings. The summed E-state index contributed by atoms with van der Waals surface area (Å²) in [4.78, 5) is 24.9. The third-order valence-electron chi connectivity index (χ3n) is 3.26. The van der Waals surface area contributed by atoms with Gasteiger partial charge in [0.15, 0.2) is 4.32 Å². The van der Waals surface area contributed by atoms with Gasteiger partial charge in [0.1, 0.15) is 0 Å². The molecule has 0 saturated carbocycles. The van der Waals surface area contributed by atoms with Crippen molar-refractivity contribution in [2.45, 2.75) is 0 Å². The van der Waals surface area contributed by atoms with E-state index in [2.05, 4.69) is 15.9 Å². The predicted molar refractivity (Wildman–Crippen MR) is 103 cm³/mol. The van der Waals surface area contributed by atoms with E-state index in [1.54, 1.807) is 30.3 Å². The molecule has 0 radical (unpaired) electrons. The molecule has 0 atom stereocenters. The Kier molecular flexibility index (Phi) is 4.79. The molecule has 24 heavy (non-hydrogen) atoms. The molecule has 0 N–H and O–H groups in total. The number of hydrogen-bond acceptors (Lipinski definition) is 5. The fourth-order valence-corrected chi connectivity index (χ4v) is 3.72. The van der Waals surface area contributed by atoms with Crippen molar-refractivity contribution in [2.75, 3.05) is 4.90 Å². The van der Waals surface area contributed by atoms with Gasteiger partial charge in [0.05, 0.1) is 15.5 Å². The summed E-state index contributed by atoms with van der Waals surface area (Å²) in [5.74, 6) is -0.237. The summed E-state index contributed by atoms with van der Waals surface area (Å²) in [5, 5.41) is 10.9. The summed E-state index contributed by atoms with van der Waals surface area (Å²) >= 11 is 9.83. The summed E-state index contributed by atoms with van der Waals surface area (Å²) in [6, 6.07) is 13.4. The number of nitrogens with zero attached hydrogens (tertiary/aromatic N) is 2. The van der Waals surface area contributed by atoms with Crippen molar-refractivity contribution in [3.8, 4) is 0 Å². The highest BCUT2D eigenvalue weighted by atomic mass is 79.9. The molecular formula is C16H9BrN2O3S2. The molecule has 1 amide bonds. The van der Waals surface area contributed by atoms with E-state index in [9.17, 15) is 14.9 Å². The topological polar surface area (TPSA) is 63.4 Å². The molecule has 0 spiro atoms. The maximum Gasteiger partial charge on any atom is 0.270 e. The minimum absolute atomic E-state index is 0.0212. The van der Waals surface area contributed by atoms with Crippen LogP contribution in [0.3, 0.4) is 0 Å². The van der Waals surface area contributed by atoms with Crippen molar-refractivity contribution < 1.29 is 9.72 Å². The van der Waals surface area contributed by atoms with Crippen LogP contribution in [0, 0.1) is 10.1 Å². The van der Waals surface area contributed by atoms with Gasteiger partial charge in [-0.15, -0.1) is 0 Å². The molecular weight excluding hydrogens is 412 g/mol. The van der Waals surface area contributed by atoms with E-state index in [1.807, 2.05) is 12.1 Å². The van der Waals surface area contributed by atoms with E-state index in [4.69, 9.17) is 12.2 Å². The van der Waals surface area contributed by atoms with E-state index < -0.39 is 4.92 Å². The second-order valence-electron chi connectivity index (χ2n) is 4.85. The summed E-state index contributed by atoms with van der Waals surface area (Å²) in [6.07, 6.45) is 1.62. The fraction of sp³-hybridized carbons (Fsp3) is 0. The number of nitro benzene ring substituents is 1. The molecule has 0 unspecified atom stereocenters. The van der Waals surface area contributed by atoms with Crippen molar-refractivity contribution in [1.29, 1.82) is 0 Å². The van der Waals surface area contributed by atoms with Crippen molar-refractivity contribution in [2.24, 2.45) is 0 Å². The van der Waals surface area contributed by atoms with Crippen LogP contribution in [0.25, 0.3) is 6.08 Å². The van der Waals surface area contributed by atoms with E-state index in [1.165, 1.54) is 28.8 Å². The van der Waals surface area contributed by atoms with Crippen LogP contribution in [0.4, 0.5) is 11.4 Å². The van der Waals surface area contributed by atoms with Crippen LogP contribution in [-0.4, -0.2) is 15.2 Å². The summed E-state index contributed by atoms with van der Waals surface area (Å²) < 4.78 is 1.34. The van der Waals surface area contributed by atoms with Gasteiger partial charge in [0, 0.05) is 16.6 Å². The van der Waals surface area contributed by atoms with E-state index >= 15 is 0 Å². The molecule has 0 aliphatic carbocycles. The summed E-state index contributed by atoms with van der Waals surface area (Å²) in [6.45, 7) is 0. The zero-order chi connectivity index (χ0) is 17.3. The Morgan fingerprint density at radius 3 is 2.58 bits per heavy atom. The van der Waals surface area contributed by atoms with E-state index in [0.717, 1.165) is 4.47 Å². The van der Waals surface area contributed by atoms with Crippen LogP contribution in [0.15, 0.2) is 57.9 Å². The normalized spacial score (nSPS) is 16.0. The van der Waals surface area contributed by atoms with Gasteiger partial charge in [-0.2, -0.15) is 0 Å². The first-order valence-electron chi connectivity index (χ1n) is 6.74. The monoisotopic (exact) mass is 420 g/mol. The number of carbonyl (C=O) groups is 1. The molecule has 1 aliphatic heterocycles. The van der Waals surface area contributed by atoms with Crippen LogP contribution < -0.4 is 4.90 Å². The molecule has 1 saturated heterocycles. The zero-order valence-electron chi connectivity index (χ0n) is 12.0. The second kappa shape index (κ2) is 6.84. The van der Waals surface area contributed by atoms with Crippen molar-refractivity contribution >= 4 is 67.6 Å². The molecule has 5 nitrogen and oxygen atoms in total. The number of benzene rings is 2. The highest BCUT2D eigenvalue weighted by Gasteiger charge is 2.33. The largest absolute Gasteiger partial charge is 0.270 e. The Labute approximate surface area is 155 Å². The Morgan fingerprint density at radius 2 is 1.92 bits per heavy atom. The summed E-state index contributed by atoms with van der Waals surface area (Å²) in [5.41, 5.74) is 1.25. The number of halogens is 1. The van der Waals surface area contributed by atoms with Crippen LogP contribution in [0.1, 0.15) is 5.56 Å². The molecule has 0 bridgehead atoms.